The van der Waals surface area contributed by atoms with E-state index in [2.05, 4.69) is 10.2 Å². The summed E-state index contributed by atoms with van der Waals surface area (Å²) in [5.41, 5.74) is 1.81. The Bertz CT molecular complexity index is 311. The van der Waals surface area contributed by atoms with Crippen molar-refractivity contribution < 1.29 is 13.9 Å². The van der Waals surface area contributed by atoms with Crippen LogP contribution in [0, 0.1) is 0 Å². The van der Waals surface area contributed by atoms with Crippen molar-refractivity contribution in [2.24, 2.45) is 0 Å². The molecule has 1 aromatic rings. The molecular formula is C8H10F2N2O. The van der Waals surface area contributed by atoms with Gasteiger partial charge in [-0.15, -0.1) is 0 Å². The Morgan fingerprint density at radius 3 is 2.85 bits per heavy atom. The molecule has 0 bridgehead atoms. The molecule has 0 aromatic carbocycles. The van der Waals surface area contributed by atoms with Crippen molar-refractivity contribution in [3.8, 4) is 0 Å². The monoisotopic (exact) mass is 188 g/mol. The zero-order valence-electron chi connectivity index (χ0n) is 6.93. The number of fused-ring (bicyclic) bond motifs is 1. The summed E-state index contributed by atoms with van der Waals surface area (Å²) < 4.78 is 24.3. The van der Waals surface area contributed by atoms with E-state index < -0.39 is 12.5 Å². The minimum atomic E-state index is -2.76. The maximum Gasteiger partial charge on any atom is 0.269 e. The summed E-state index contributed by atoms with van der Waals surface area (Å²) in [4.78, 5) is 0. The van der Waals surface area contributed by atoms with Gasteiger partial charge in [-0.1, -0.05) is 0 Å². The summed E-state index contributed by atoms with van der Waals surface area (Å²) in [6.45, 7) is 0. The first-order valence-electron chi connectivity index (χ1n) is 4.22. The number of hydrogen-bond donors (Lipinski definition) is 2. The molecule has 2 N–H and O–H groups in total. The SMILES string of the molecule is OC(c1n[nH]c2c1CCC2)C(F)F. The first kappa shape index (κ1) is 8.62. The van der Waals surface area contributed by atoms with E-state index >= 15 is 0 Å². The molecule has 13 heavy (non-hydrogen) atoms. The number of aryl methyl sites for hydroxylation is 1. The van der Waals surface area contributed by atoms with Gasteiger partial charge in [-0.05, 0) is 24.8 Å². The van der Waals surface area contributed by atoms with Gasteiger partial charge in [-0.2, -0.15) is 5.10 Å². The highest BCUT2D eigenvalue weighted by Crippen LogP contribution is 2.29. The highest BCUT2D eigenvalue weighted by molar-refractivity contribution is 5.31. The molecule has 1 unspecified atom stereocenters. The number of halogens is 2. The molecule has 1 aliphatic carbocycles. The lowest BCUT2D eigenvalue weighted by molar-refractivity contribution is -0.00869. The molecule has 1 aromatic heterocycles. The molecule has 3 nitrogen and oxygen atoms in total. The zero-order valence-corrected chi connectivity index (χ0v) is 6.93. The van der Waals surface area contributed by atoms with Crippen molar-refractivity contribution >= 4 is 0 Å². The van der Waals surface area contributed by atoms with Crippen LogP contribution in [0.25, 0.3) is 0 Å². The Hall–Kier alpha value is -0.970. The van der Waals surface area contributed by atoms with Crippen LogP contribution in [0.5, 0.6) is 0 Å². The average molecular weight is 188 g/mol. The van der Waals surface area contributed by atoms with E-state index in [0.29, 0.717) is 0 Å². The van der Waals surface area contributed by atoms with Crippen molar-refractivity contribution in [2.75, 3.05) is 0 Å². The number of aliphatic hydroxyl groups excluding tert-OH is 1. The Kier molecular flexibility index (Phi) is 2.03. The van der Waals surface area contributed by atoms with Crippen molar-refractivity contribution in [3.05, 3.63) is 17.0 Å². The van der Waals surface area contributed by atoms with Crippen molar-refractivity contribution in [3.63, 3.8) is 0 Å². The second-order valence-electron chi connectivity index (χ2n) is 3.20. The average Bonchev–Trinajstić information content (AvgIpc) is 2.61. The molecule has 1 heterocycles. The normalized spacial score (nSPS) is 17.8. The van der Waals surface area contributed by atoms with Gasteiger partial charge in [0.15, 0.2) is 6.10 Å². The van der Waals surface area contributed by atoms with Gasteiger partial charge in [-0.3, -0.25) is 5.10 Å². The van der Waals surface area contributed by atoms with Crippen LogP contribution in [0.15, 0.2) is 0 Å². The number of aliphatic hydroxyl groups is 1. The van der Waals surface area contributed by atoms with Crippen LogP contribution in [-0.4, -0.2) is 21.7 Å². The van der Waals surface area contributed by atoms with E-state index in [4.69, 9.17) is 5.11 Å². The number of nitrogens with zero attached hydrogens (tertiary/aromatic N) is 1. The second-order valence-corrected chi connectivity index (χ2v) is 3.20. The fourth-order valence-corrected chi connectivity index (χ4v) is 1.71. The second kappa shape index (κ2) is 3.06. The smallest absolute Gasteiger partial charge is 0.269 e. The Morgan fingerprint density at radius 2 is 2.15 bits per heavy atom. The predicted octanol–water partition coefficient (Wildman–Crippen LogP) is 1.20. The third-order valence-electron chi connectivity index (χ3n) is 2.36. The third kappa shape index (κ3) is 1.33. The minimum absolute atomic E-state index is 0.127. The molecule has 0 fully saturated rings. The molecular weight excluding hydrogens is 178 g/mol. The van der Waals surface area contributed by atoms with Gasteiger partial charge in [-0.25, -0.2) is 8.78 Å². The Balaban J connectivity index is 2.30. The van der Waals surface area contributed by atoms with Gasteiger partial charge in [0, 0.05) is 5.69 Å². The maximum atomic E-state index is 12.2. The van der Waals surface area contributed by atoms with Gasteiger partial charge in [0.1, 0.15) is 5.69 Å². The van der Waals surface area contributed by atoms with E-state index in [9.17, 15) is 8.78 Å². The van der Waals surface area contributed by atoms with Crippen LogP contribution in [0.2, 0.25) is 0 Å². The van der Waals surface area contributed by atoms with Gasteiger partial charge in [0.25, 0.3) is 6.43 Å². The fraction of sp³-hybridized carbons (Fsp3) is 0.625. The quantitative estimate of drug-likeness (QED) is 0.732. The lowest BCUT2D eigenvalue weighted by Gasteiger charge is -2.06. The number of alkyl halides is 2. The van der Waals surface area contributed by atoms with Crippen LogP contribution in [0.4, 0.5) is 8.78 Å². The first-order chi connectivity index (χ1) is 6.20. The van der Waals surface area contributed by atoms with Crippen LogP contribution in [0.3, 0.4) is 0 Å². The molecule has 0 saturated heterocycles. The molecule has 0 spiro atoms. The summed E-state index contributed by atoms with van der Waals surface area (Å²) in [5.74, 6) is 0. The van der Waals surface area contributed by atoms with E-state index in [-0.39, 0.29) is 5.69 Å². The lowest BCUT2D eigenvalue weighted by Crippen LogP contribution is -2.10. The van der Waals surface area contributed by atoms with Crippen LogP contribution < -0.4 is 0 Å². The number of H-pyrrole nitrogens is 1. The summed E-state index contributed by atoms with van der Waals surface area (Å²) in [7, 11) is 0. The fourth-order valence-electron chi connectivity index (χ4n) is 1.71. The first-order valence-corrected chi connectivity index (χ1v) is 4.22. The van der Waals surface area contributed by atoms with E-state index in [0.717, 1.165) is 30.5 Å². The highest BCUT2D eigenvalue weighted by Gasteiger charge is 2.28. The maximum absolute atomic E-state index is 12.2. The molecule has 0 saturated carbocycles. The van der Waals surface area contributed by atoms with E-state index in [1.807, 2.05) is 0 Å². The van der Waals surface area contributed by atoms with Gasteiger partial charge in [0.2, 0.25) is 0 Å². The van der Waals surface area contributed by atoms with Crippen LogP contribution in [0.1, 0.15) is 29.5 Å². The minimum Gasteiger partial charge on any atom is -0.381 e. The zero-order chi connectivity index (χ0) is 9.42. The highest BCUT2D eigenvalue weighted by atomic mass is 19.3. The van der Waals surface area contributed by atoms with Crippen molar-refractivity contribution in [1.82, 2.24) is 10.2 Å². The summed E-state index contributed by atoms with van der Waals surface area (Å²) in [6.07, 6.45) is -1.96. The molecule has 0 radical (unpaired) electrons. The number of rotatable bonds is 2. The van der Waals surface area contributed by atoms with Gasteiger partial charge >= 0.3 is 0 Å². The van der Waals surface area contributed by atoms with Gasteiger partial charge < -0.3 is 5.11 Å². The number of aromatic amines is 1. The molecule has 2 rings (SSSR count). The standard InChI is InChI=1S/C8H10F2N2O/c9-8(10)7(13)6-4-2-1-3-5(4)11-12-6/h7-8,13H,1-3H2,(H,11,12). The van der Waals surface area contributed by atoms with Crippen molar-refractivity contribution in [1.29, 1.82) is 0 Å². The topological polar surface area (TPSA) is 48.9 Å². The molecule has 5 heteroatoms. The number of nitrogens with one attached hydrogen (secondary N) is 1. The predicted molar refractivity (Wildman–Crippen MR) is 41.6 cm³/mol. The van der Waals surface area contributed by atoms with Crippen LogP contribution >= 0.6 is 0 Å². The Labute approximate surface area is 73.8 Å². The van der Waals surface area contributed by atoms with Gasteiger partial charge in [0.05, 0.1) is 0 Å². The lowest BCUT2D eigenvalue weighted by atomic mass is 10.1. The molecule has 1 atom stereocenters. The van der Waals surface area contributed by atoms with Crippen molar-refractivity contribution in [2.45, 2.75) is 31.8 Å². The molecule has 0 amide bonds. The summed E-state index contributed by atoms with van der Waals surface area (Å²) in [6, 6.07) is 0. The third-order valence-corrected chi connectivity index (χ3v) is 2.36. The largest absolute Gasteiger partial charge is 0.381 e. The Morgan fingerprint density at radius 1 is 1.38 bits per heavy atom. The molecule has 1 aliphatic rings. The number of hydrogen-bond acceptors (Lipinski definition) is 2. The molecule has 72 valence electrons. The number of aromatic nitrogens is 2. The summed E-state index contributed by atoms with van der Waals surface area (Å²) in [5, 5.41) is 15.5. The van der Waals surface area contributed by atoms with Crippen LogP contribution in [-0.2, 0) is 12.8 Å². The van der Waals surface area contributed by atoms with E-state index in [1.165, 1.54) is 0 Å². The van der Waals surface area contributed by atoms with E-state index in [1.54, 1.807) is 0 Å². The molecule has 0 aliphatic heterocycles. The summed E-state index contributed by atoms with van der Waals surface area (Å²) >= 11 is 0.